The third-order valence-electron chi connectivity index (χ3n) is 4.79. The van der Waals surface area contributed by atoms with E-state index in [9.17, 15) is 4.79 Å². The van der Waals surface area contributed by atoms with Gasteiger partial charge in [-0.3, -0.25) is 4.79 Å². The Morgan fingerprint density at radius 1 is 1.40 bits per heavy atom. The van der Waals surface area contributed by atoms with Crippen molar-refractivity contribution >= 4 is 11.7 Å². The molecule has 3 heterocycles. The fourth-order valence-corrected chi connectivity index (χ4v) is 3.23. The average Bonchev–Trinajstić information content (AvgIpc) is 3.32. The van der Waals surface area contributed by atoms with Crippen molar-refractivity contribution in [3.05, 3.63) is 30.6 Å². The molecule has 0 saturated heterocycles. The number of amides is 1. The molecule has 2 aromatic rings. The van der Waals surface area contributed by atoms with Gasteiger partial charge in [-0.2, -0.15) is 0 Å². The Morgan fingerprint density at radius 3 is 3.08 bits per heavy atom. The van der Waals surface area contributed by atoms with Crippen LogP contribution in [0, 0.1) is 5.92 Å². The Kier molecular flexibility index (Phi) is 4.25. The van der Waals surface area contributed by atoms with Crippen molar-refractivity contribution in [2.45, 2.75) is 31.8 Å². The maximum atomic E-state index is 12.0. The fraction of sp³-hybridized carbons (Fsp3) is 0.529. The summed E-state index contributed by atoms with van der Waals surface area (Å²) in [6.07, 6.45) is 8.23. The molecule has 1 aliphatic carbocycles. The summed E-state index contributed by atoms with van der Waals surface area (Å²) in [5.41, 5.74) is 1.10. The van der Waals surface area contributed by atoms with E-state index in [0.717, 1.165) is 18.1 Å². The predicted molar refractivity (Wildman–Crippen MR) is 91.2 cm³/mol. The first-order chi connectivity index (χ1) is 12.2. The number of methoxy groups -OCH3 is 1. The van der Waals surface area contributed by atoms with Crippen molar-refractivity contribution in [1.29, 1.82) is 0 Å². The van der Waals surface area contributed by atoms with E-state index in [-0.39, 0.29) is 11.9 Å². The molecule has 1 amide bonds. The number of nitrogens with zero attached hydrogens (tertiary/aromatic N) is 5. The van der Waals surface area contributed by atoms with Crippen LogP contribution in [-0.4, -0.2) is 45.6 Å². The molecule has 0 aromatic carbocycles. The lowest BCUT2D eigenvalue weighted by molar-refractivity contribution is -0.121. The maximum Gasteiger partial charge on any atom is 0.220 e. The quantitative estimate of drug-likeness (QED) is 0.848. The van der Waals surface area contributed by atoms with Crippen LogP contribution in [0.25, 0.3) is 0 Å². The van der Waals surface area contributed by atoms with E-state index in [4.69, 9.17) is 4.74 Å². The number of aromatic nitrogens is 4. The number of hydrogen-bond donors (Lipinski definition) is 1. The number of carbonyl (C=O) groups excluding carboxylic acids is 1. The lowest BCUT2D eigenvalue weighted by Gasteiger charge is -2.35. The average molecular weight is 342 g/mol. The minimum absolute atomic E-state index is 0.121. The highest BCUT2D eigenvalue weighted by Crippen LogP contribution is 2.32. The van der Waals surface area contributed by atoms with Gasteiger partial charge in [0.2, 0.25) is 11.8 Å². The summed E-state index contributed by atoms with van der Waals surface area (Å²) >= 11 is 0. The molecular weight excluding hydrogens is 320 g/mol. The Labute approximate surface area is 146 Å². The number of rotatable bonds is 6. The molecule has 1 fully saturated rings. The van der Waals surface area contributed by atoms with Crippen LogP contribution in [0.5, 0.6) is 5.88 Å². The van der Waals surface area contributed by atoms with Gasteiger partial charge in [0.1, 0.15) is 12.1 Å². The van der Waals surface area contributed by atoms with E-state index >= 15 is 0 Å². The first-order valence-electron chi connectivity index (χ1n) is 8.61. The normalized spacial score (nSPS) is 19.4. The van der Waals surface area contributed by atoms with Gasteiger partial charge in [-0.25, -0.2) is 15.0 Å². The topological polar surface area (TPSA) is 85.2 Å². The van der Waals surface area contributed by atoms with Gasteiger partial charge >= 0.3 is 0 Å². The highest BCUT2D eigenvalue weighted by molar-refractivity contribution is 5.76. The van der Waals surface area contributed by atoms with E-state index in [0.29, 0.717) is 31.3 Å². The molecule has 1 aliphatic heterocycles. The number of anilines is 1. The summed E-state index contributed by atoms with van der Waals surface area (Å²) in [6.45, 7) is 2.05. The number of ether oxygens (including phenoxy) is 1. The molecule has 25 heavy (non-hydrogen) atoms. The molecule has 4 rings (SSSR count). The van der Waals surface area contributed by atoms with Crippen LogP contribution in [0.2, 0.25) is 0 Å². The highest BCUT2D eigenvalue weighted by Gasteiger charge is 2.28. The van der Waals surface area contributed by atoms with Gasteiger partial charge in [-0.1, -0.05) is 0 Å². The molecule has 8 heteroatoms. The number of fused-ring (bicyclic) bond motifs is 1. The largest absolute Gasteiger partial charge is 0.481 e. The van der Waals surface area contributed by atoms with Gasteiger partial charge < -0.3 is 19.5 Å². The highest BCUT2D eigenvalue weighted by atomic mass is 16.5. The van der Waals surface area contributed by atoms with Crippen molar-refractivity contribution in [1.82, 2.24) is 24.8 Å². The molecule has 8 nitrogen and oxygen atoms in total. The summed E-state index contributed by atoms with van der Waals surface area (Å²) in [4.78, 5) is 26.9. The van der Waals surface area contributed by atoms with Crippen molar-refractivity contribution in [3.63, 3.8) is 0 Å². The molecule has 1 unspecified atom stereocenters. The van der Waals surface area contributed by atoms with Crippen LogP contribution in [0.1, 0.15) is 31.0 Å². The van der Waals surface area contributed by atoms with Gasteiger partial charge in [0.15, 0.2) is 0 Å². The zero-order chi connectivity index (χ0) is 17.2. The zero-order valence-electron chi connectivity index (χ0n) is 14.3. The maximum absolute atomic E-state index is 12.0. The number of hydrogen-bond acceptors (Lipinski definition) is 6. The van der Waals surface area contributed by atoms with Crippen LogP contribution >= 0.6 is 0 Å². The molecule has 1 N–H and O–H groups in total. The Balaban J connectivity index is 1.47. The molecule has 0 spiro atoms. The van der Waals surface area contributed by atoms with E-state index in [1.54, 1.807) is 7.11 Å². The Bertz CT molecular complexity index is 757. The van der Waals surface area contributed by atoms with E-state index in [2.05, 4.69) is 29.7 Å². The van der Waals surface area contributed by atoms with Gasteiger partial charge in [0.05, 0.1) is 31.7 Å². The third-order valence-corrected chi connectivity index (χ3v) is 4.79. The molecule has 0 bridgehead atoms. The summed E-state index contributed by atoms with van der Waals surface area (Å²) in [5.74, 6) is 2.09. The van der Waals surface area contributed by atoms with Crippen molar-refractivity contribution in [2.75, 3.05) is 25.1 Å². The van der Waals surface area contributed by atoms with Gasteiger partial charge in [-0.15, -0.1) is 0 Å². The van der Waals surface area contributed by atoms with Crippen LogP contribution < -0.4 is 15.0 Å². The lowest BCUT2D eigenvalue weighted by Crippen LogP contribution is -2.42. The standard InChI is InChI=1S/C17H22N6O2/c1-25-17-5-15(20-10-21-17)22-8-13-6-18-11-23(13)14(9-22)7-19-16(24)4-12-2-3-12/h5-6,10-12,14H,2-4,7-9H2,1H3,(H,19,24). The molecular formula is C17H22N6O2. The molecule has 1 saturated carbocycles. The first kappa shape index (κ1) is 15.9. The van der Waals surface area contributed by atoms with E-state index in [1.165, 1.54) is 19.2 Å². The SMILES string of the molecule is COc1cc(N2Cc3cncn3C(CNC(=O)CC3CC3)C2)ncn1. The van der Waals surface area contributed by atoms with Gasteiger partial charge in [-0.05, 0) is 18.8 Å². The van der Waals surface area contributed by atoms with Crippen LogP contribution in [-0.2, 0) is 11.3 Å². The molecule has 2 aromatic heterocycles. The van der Waals surface area contributed by atoms with E-state index in [1.807, 2.05) is 18.6 Å². The third kappa shape index (κ3) is 3.57. The van der Waals surface area contributed by atoms with Crippen LogP contribution in [0.3, 0.4) is 0 Å². The monoisotopic (exact) mass is 342 g/mol. The second kappa shape index (κ2) is 6.70. The second-order valence-corrected chi connectivity index (χ2v) is 6.70. The number of carbonyl (C=O) groups is 1. The van der Waals surface area contributed by atoms with Gasteiger partial charge in [0, 0.05) is 31.8 Å². The Morgan fingerprint density at radius 2 is 2.28 bits per heavy atom. The summed E-state index contributed by atoms with van der Waals surface area (Å²) in [5, 5.41) is 3.08. The molecule has 2 aliphatic rings. The molecule has 1 atom stereocenters. The minimum atomic E-state index is 0.121. The molecule has 132 valence electrons. The first-order valence-corrected chi connectivity index (χ1v) is 8.61. The summed E-state index contributed by atoms with van der Waals surface area (Å²) < 4.78 is 7.34. The lowest BCUT2D eigenvalue weighted by atomic mass is 10.1. The van der Waals surface area contributed by atoms with Crippen molar-refractivity contribution < 1.29 is 9.53 Å². The van der Waals surface area contributed by atoms with Gasteiger partial charge in [0.25, 0.3) is 0 Å². The zero-order valence-corrected chi connectivity index (χ0v) is 14.3. The van der Waals surface area contributed by atoms with Crippen molar-refractivity contribution in [2.24, 2.45) is 5.92 Å². The summed E-state index contributed by atoms with van der Waals surface area (Å²) in [7, 11) is 1.59. The second-order valence-electron chi connectivity index (χ2n) is 6.70. The Hall–Kier alpha value is -2.64. The minimum Gasteiger partial charge on any atom is -0.481 e. The smallest absolute Gasteiger partial charge is 0.220 e. The van der Waals surface area contributed by atoms with Crippen LogP contribution in [0.4, 0.5) is 5.82 Å². The van der Waals surface area contributed by atoms with E-state index < -0.39 is 0 Å². The summed E-state index contributed by atoms with van der Waals surface area (Å²) in [6, 6.07) is 1.95. The number of nitrogens with one attached hydrogen (secondary N) is 1. The van der Waals surface area contributed by atoms with Crippen LogP contribution in [0.15, 0.2) is 24.9 Å². The number of imidazole rings is 1. The van der Waals surface area contributed by atoms with Crippen molar-refractivity contribution in [3.8, 4) is 5.88 Å². The fourth-order valence-electron chi connectivity index (χ4n) is 3.23. The predicted octanol–water partition coefficient (Wildman–Crippen LogP) is 1.16. The molecule has 0 radical (unpaired) electrons.